The molecule has 2 bridgehead atoms. The number of benzene rings is 1. The predicted molar refractivity (Wildman–Crippen MR) is 119 cm³/mol. The summed E-state index contributed by atoms with van der Waals surface area (Å²) >= 11 is 5.98. The minimum absolute atomic E-state index is 0.142. The number of nitrogens with one attached hydrogen (secondary N) is 1. The topological polar surface area (TPSA) is 89.3 Å². The summed E-state index contributed by atoms with van der Waals surface area (Å²) in [7, 11) is 0. The van der Waals surface area contributed by atoms with E-state index in [1.54, 1.807) is 30.6 Å². The van der Waals surface area contributed by atoms with Crippen LogP contribution in [0, 0.1) is 0 Å². The lowest BCUT2D eigenvalue weighted by Gasteiger charge is -2.70. The van der Waals surface area contributed by atoms with E-state index in [2.05, 4.69) is 15.4 Å². The highest BCUT2D eigenvalue weighted by atomic mass is 35.5. The summed E-state index contributed by atoms with van der Waals surface area (Å²) in [5.41, 5.74) is 0.242. The van der Waals surface area contributed by atoms with Crippen molar-refractivity contribution in [3.8, 4) is 17.0 Å². The smallest absolute Gasteiger partial charge is 0.417 e. The molecule has 3 saturated carbocycles. The van der Waals surface area contributed by atoms with Crippen LogP contribution < -0.4 is 10.1 Å². The highest BCUT2D eigenvalue weighted by Crippen LogP contribution is 2.65. The molecule has 3 aromatic rings. The molecule has 2 aromatic heterocycles. The molecule has 4 aliphatic rings. The Hall–Kier alpha value is -3.11. The average molecular weight is 505 g/mol. The number of hydrogen-bond acceptors (Lipinski definition) is 5. The monoisotopic (exact) mass is 504 g/mol. The third-order valence-electron chi connectivity index (χ3n) is 7.18. The molecule has 1 aromatic carbocycles. The molecule has 3 heterocycles. The van der Waals surface area contributed by atoms with Gasteiger partial charge < -0.3 is 15.2 Å². The van der Waals surface area contributed by atoms with E-state index >= 15 is 0 Å². The number of nitrogens with zero attached hydrogens (tertiary/aromatic N) is 3. The first-order valence-electron chi connectivity index (χ1n) is 11.1. The number of aliphatic hydroxyl groups excluding tert-OH is 1. The summed E-state index contributed by atoms with van der Waals surface area (Å²) in [6.45, 7) is 0. The predicted octanol–water partition coefficient (Wildman–Crippen LogP) is 4.25. The zero-order valence-electron chi connectivity index (χ0n) is 18.2. The van der Waals surface area contributed by atoms with Gasteiger partial charge in [-0.15, -0.1) is 0 Å². The van der Waals surface area contributed by atoms with Crippen molar-refractivity contribution in [1.29, 1.82) is 0 Å². The highest BCUT2D eigenvalue weighted by molar-refractivity contribution is 6.30. The number of hydrogen-bond donors (Lipinski definition) is 2. The Morgan fingerprint density at radius 2 is 1.97 bits per heavy atom. The lowest BCUT2D eigenvalue weighted by Crippen LogP contribution is -2.79. The maximum absolute atomic E-state index is 12.9. The Balaban J connectivity index is 1.09. The Labute approximate surface area is 202 Å². The third kappa shape index (κ3) is 3.66. The van der Waals surface area contributed by atoms with Crippen molar-refractivity contribution in [3.05, 3.63) is 65.1 Å². The highest BCUT2D eigenvalue weighted by Gasteiger charge is 2.70. The number of carbonyl (C=O) groups is 1. The van der Waals surface area contributed by atoms with Crippen LogP contribution in [0.15, 0.2) is 48.9 Å². The summed E-state index contributed by atoms with van der Waals surface area (Å²) in [5.74, 6) is 0.177. The van der Waals surface area contributed by atoms with Crippen molar-refractivity contribution in [1.82, 2.24) is 20.1 Å². The van der Waals surface area contributed by atoms with Crippen LogP contribution in [0.4, 0.5) is 13.2 Å². The molecular weight excluding hydrogens is 485 g/mol. The summed E-state index contributed by atoms with van der Waals surface area (Å²) in [4.78, 5) is 16.8. The van der Waals surface area contributed by atoms with E-state index in [0.29, 0.717) is 46.9 Å². The number of amides is 1. The van der Waals surface area contributed by atoms with Gasteiger partial charge in [0.2, 0.25) is 0 Å². The molecule has 7 rings (SSSR count). The number of aliphatic hydroxyl groups is 1. The fraction of sp³-hybridized carbons (Fsp3) is 0.375. The molecule has 0 unspecified atom stereocenters. The van der Waals surface area contributed by atoms with Crippen LogP contribution in [0.3, 0.4) is 0 Å². The Bertz CT molecular complexity index is 1300. The van der Waals surface area contributed by atoms with Gasteiger partial charge in [0.15, 0.2) is 6.10 Å². The SMILES string of the molecule is O=C(NC12CC(n3cc(-c4ccc(C(F)(F)F)cn4)cn3)(C1)C2)[C@H]1C[C@H](O)c2cc(Cl)ccc2O1. The quantitative estimate of drug-likeness (QED) is 0.554. The summed E-state index contributed by atoms with van der Waals surface area (Å²) in [5, 5.41) is 18.4. The van der Waals surface area contributed by atoms with Gasteiger partial charge in [-0.05, 0) is 49.6 Å². The molecule has 2 atom stereocenters. The maximum atomic E-state index is 12.9. The van der Waals surface area contributed by atoms with Gasteiger partial charge in [-0.3, -0.25) is 14.5 Å². The minimum atomic E-state index is -4.43. The first-order valence-corrected chi connectivity index (χ1v) is 11.5. The van der Waals surface area contributed by atoms with Gasteiger partial charge in [-0.2, -0.15) is 18.3 Å². The van der Waals surface area contributed by atoms with Crippen molar-refractivity contribution in [2.75, 3.05) is 0 Å². The number of pyridine rings is 1. The molecule has 0 spiro atoms. The fourth-order valence-electron chi connectivity index (χ4n) is 5.48. The van der Waals surface area contributed by atoms with Crippen LogP contribution in [0.2, 0.25) is 5.02 Å². The molecule has 1 amide bonds. The number of rotatable bonds is 4. The van der Waals surface area contributed by atoms with Crippen LogP contribution in [0.5, 0.6) is 5.75 Å². The number of fused-ring (bicyclic) bond motifs is 1. The second-order valence-corrected chi connectivity index (χ2v) is 10.1. The van der Waals surface area contributed by atoms with E-state index in [9.17, 15) is 23.1 Å². The molecule has 11 heteroatoms. The second kappa shape index (κ2) is 7.44. The first-order chi connectivity index (χ1) is 16.6. The molecule has 0 saturated heterocycles. The van der Waals surface area contributed by atoms with E-state index in [1.165, 1.54) is 6.07 Å². The van der Waals surface area contributed by atoms with E-state index in [0.717, 1.165) is 12.3 Å². The number of alkyl halides is 3. The lowest BCUT2D eigenvalue weighted by molar-refractivity contribution is -0.165. The molecular formula is C24H20ClF3N4O3. The summed E-state index contributed by atoms with van der Waals surface area (Å²) < 4.78 is 46.0. The van der Waals surface area contributed by atoms with E-state index in [4.69, 9.17) is 16.3 Å². The molecule has 1 aliphatic heterocycles. The van der Waals surface area contributed by atoms with Crippen molar-refractivity contribution >= 4 is 17.5 Å². The van der Waals surface area contributed by atoms with E-state index in [1.807, 2.05) is 4.68 Å². The largest absolute Gasteiger partial charge is 0.480 e. The lowest BCUT2D eigenvalue weighted by atomic mass is 9.44. The molecule has 0 radical (unpaired) electrons. The standard InChI is InChI=1S/C24H20ClF3N4O3/c25-15-2-4-19-16(5-15)18(33)6-20(35-19)21(34)31-22-10-23(11-22,12-22)32-9-13(7-30-32)17-3-1-14(8-29-17)24(26,27)28/h1-5,7-9,18,20,33H,6,10-12H2,(H,31,34)/t18-,20+,22?,23?/m0/s1. The normalized spacial score (nSPS) is 28.8. The molecule has 35 heavy (non-hydrogen) atoms. The van der Waals surface area contributed by atoms with Gasteiger partial charge in [0, 0.05) is 40.5 Å². The van der Waals surface area contributed by atoms with Gasteiger partial charge >= 0.3 is 6.18 Å². The molecule has 182 valence electrons. The van der Waals surface area contributed by atoms with Crippen LogP contribution in [0.1, 0.15) is 42.9 Å². The molecule has 3 aliphatic carbocycles. The number of halogens is 4. The van der Waals surface area contributed by atoms with Crippen LogP contribution in [0.25, 0.3) is 11.3 Å². The van der Waals surface area contributed by atoms with Crippen LogP contribution in [-0.4, -0.2) is 37.4 Å². The zero-order chi connectivity index (χ0) is 24.6. The number of ether oxygens (including phenoxy) is 1. The number of carbonyl (C=O) groups excluding carboxylic acids is 1. The van der Waals surface area contributed by atoms with Gasteiger partial charge in [-0.1, -0.05) is 11.6 Å². The fourth-order valence-corrected chi connectivity index (χ4v) is 5.66. The Morgan fingerprint density at radius 1 is 1.20 bits per heavy atom. The summed E-state index contributed by atoms with van der Waals surface area (Å²) in [6.07, 6.45) is 0.319. The van der Waals surface area contributed by atoms with E-state index in [-0.39, 0.29) is 23.4 Å². The molecule has 3 fully saturated rings. The van der Waals surface area contributed by atoms with Crippen molar-refractivity contribution in [2.24, 2.45) is 0 Å². The van der Waals surface area contributed by atoms with Gasteiger partial charge in [-0.25, -0.2) is 0 Å². The van der Waals surface area contributed by atoms with Gasteiger partial charge in [0.25, 0.3) is 5.91 Å². The summed E-state index contributed by atoms with van der Waals surface area (Å²) in [6, 6.07) is 7.27. The number of aromatic nitrogens is 3. The Morgan fingerprint density at radius 3 is 2.66 bits per heavy atom. The first kappa shape index (κ1) is 22.4. The van der Waals surface area contributed by atoms with Crippen molar-refractivity contribution < 1.29 is 27.8 Å². The van der Waals surface area contributed by atoms with E-state index < -0.39 is 23.9 Å². The van der Waals surface area contributed by atoms with Crippen molar-refractivity contribution in [3.63, 3.8) is 0 Å². The average Bonchev–Trinajstić information content (AvgIpc) is 3.25. The minimum Gasteiger partial charge on any atom is -0.480 e. The van der Waals surface area contributed by atoms with Crippen LogP contribution >= 0.6 is 11.6 Å². The zero-order valence-corrected chi connectivity index (χ0v) is 19.0. The second-order valence-electron chi connectivity index (χ2n) is 9.67. The Kier molecular flexibility index (Phi) is 4.76. The maximum Gasteiger partial charge on any atom is 0.417 e. The van der Waals surface area contributed by atoms with Crippen LogP contribution in [-0.2, 0) is 16.5 Å². The third-order valence-corrected chi connectivity index (χ3v) is 7.41. The molecule has 2 N–H and O–H groups in total. The van der Waals surface area contributed by atoms with Gasteiger partial charge in [0.05, 0.1) is 29.1 Å². The van der Waals surface area contributed by atoms with Gasteiger partial charge in [0.1, 0.15) is 5.75 Å². The van der Waals surface area contributed by atoms with Crippen molar-refractivity contribution in [2.45, 2.75) is 55.1 Å². The molecule has 7 nitrogen and oxygen atoms in total.